The lowest BCUT2D eigenvalue weighted by atomic mass is 10.1. The summed E-state index contributed by atoms with van der Waals surface area (Å²) >= 11 is 0. The Labute approximate surface area is 110 Å². The molecule has 0 fully saturated rings. The number of aliphatic carboxylic acids is 1. The minimum Gasteiger partial charge on any atom is -0.480 e. The zero-order valence-electron chi connectivity index (χ0n) is 11.6. The van der Waals surface area contributed by atoms with Crippen LogP contribution in [-0.4, -0.2) is 41.6 Å². The van der Waals surface area contributed by atoms with Gasteiger partial charge in [0.05, 0.1) is 0 Å². The number of nitrogens with zero attached hydrogens (tertiary/aromatic N) is 1. The molecule has 5 nitrogen and oxygen atoms in total. The molecule has 2 amide bonds. The molecule has 0 aliphatic carbocycles. The average Bonchev–Trinajstić information content (AvgIpc) is 2.34. The Morgan fingerprint density at radius 2 is 1.67 bits per heavy atom. The number of carboxylic acids is 1. The first-order valence-electron chi connectivity index (χ1n) is 6.86. The molecule has 0 spiro atoms. The number of likely N-dealkylation sites (N-methyl/N-ethyl adjacent to an activating group) is 1. The van der Waals surface area contributed by atoms with E-state index in [1.54, 1.807) is 6.92 Å². The van der Waals surface area contributed by atoms with E-state index in [-0.39, 0.29) is 12.6 Å². The van der Waals surface area contributed by atoms with Crippen molar-refractivity contribution in [2.45, 2.75) is 52.4 Å². The topological polar surface area (TPSA) is 69.6 Å². The van der Waals surface area contributed by atoms with Gasteiger partial charge in [-0.3, -0.25) is 4.79 Å². The molecule has 0 unspecified atom stereocenters. The van der Waals surface area contributed by atoms with Gasteiger partial charge in [-0.1, -0.05) is 39.0 Å². The molecule has 0 aromatic rings. The molecule has 5 heteroatoms. The van der Waals surface area contributed by atoms with Crippen molar-refractivity contribution in [2.75, 3.05) is 19.6 Å². The molecule has 0 atom stereocenters. The maximum Gasteiger partial charge on any atom is 0.323 e. The third kappa shape index (κ3) is 8.84. The molecule has 0 bridgehead atoms. The van der Waals surface area contributed by atoms with Crippen LogP contribution in [0.1, 0.15) is 52.4 Å². The lowest BCUT2D eigenvalue weighted by Crippen LogP contribution is -2.42. The van der Waals surface area contributed by atoms with Crippen molar-refractivity contribution in [1.29, 1.82) is 0 Å². The minimum absolute atomic E-state index is 0.237. The Hall–Kier alpha value is -1.26. The maximum atomic E-state index is 11.6. The predicted molar refractivity (Wildman–Crippen MR) is 71.7 cm³/mol. The molecule has 106 valence electrons. The van der Waals surface area contributed by atoms with Crippen LogP contribution in [0.5, 0.6) is 0 Å². The lowest BCUT2D eigenvalue weighted by Gasteiger charge is -2.19. The summed E-state index contributed by atoms with van der Waals surface area (Å²) in [6.45, 7) is 4.75. The third-order valence-electron chi connectivity index (χ3n) is 2.80. The van der Waals surface area contributed by atoms with Crippen LogP contribution in [0.3, 0.4) is 0 Å². The average molecular weight is 258 g/mol. The molecule has 0 heterocycles. The Morgan fingerprint density at radius 1 is 1.06 bits per heavy atom. The van der Waals surface area contributed by atoms with Crippen LogP contribution in [0.15, 0.2) is 0 Å². The Kier molecular flexibility index (Phi) is 10.1. The molecule has 0 aliphatic heterocycles. The Bertz CT molecular complexity index is 244. The lowest BCUT2D eigenvalue weighted by molar-refractivity contribution is -0.137. The van der Waals surface area contributed by atoms with Crippen LogP contribution in [-0.2, 0) is 4.79 Å². The van der Waals surface area contributed by atoms with Gasteiger partial charge in [0.15, 0.2) is 0 Å². The second-order valence-corrected chi connectivity index (χ2v) is 4.41. The molecule has 0 aliphatic rings. The summed E-state index contributed by atoms with van der Waals surface area (Å²) in [7, 11) is 0. The highest BCUT2D eigenvalue weighted by Crippen LogP contribution is 2.04. The third-order valence-corrected chi connectivity index (χ3v) is 2.80. The van der Waals surface area contributed by atoms with Crippen LogP contribution >= 0.6 is 0 Å². The van der Waals surface area contributed by atoms with Gasteiger partial charge in [-0.2, -0.15) is 0 Å². The van der Waals surface area contributed by atoms with E-state index in [9.17, 15) is 9.59 Å². The molecule has 2 N–H and O–H groups in total. The second-order valence-electron chi connectivity index (χ2n) is 4.41. The number of carboxylic acid groups (broad SMARTS) is 1. The molecule has 0 aromatic carbocycles. The van der Waals surface area contributed by atoms with Crippen LogP contribution in [0, 0.1) is 0 Å². The van der Waals surface area contributed by atoms with Crippen LogP contribution in [0.25, 0.3) is 0 Å². The molecule has 0 saturated heterocycles. The Morgan fingerprint density at radius 3 is 2.22 bits per heavy atom. The molecule has 18 heavy (non-hydrogen) atoms. The first-order chi connectivity index (χ1) is 8.61. The maximum absolute atomic E-state index is 11.6. The first kappa shape index (κ1) is 16.7. The van der Waals surface area contributed by atoms with E-state index >= 15 is 0 Å². The van der Waals surface area contributed by atoms with E-state index in [0.717, 1.165) is 12.8 Å². The Balaban J connectivity index is 3.59. The normalized spacial score (nSPS) is 10.1. The van der Waals surface area contributed by atoms with Crippen molar-refractivity contribution in [3.05, 3.63) is 0 Å². The largest absolute Gasteiger partial charge is 0.480 e. The highest BCUT2D eigenvalue weighted by atomic mass is 16.4. The van der Waals surface area contributed by atoms with E-state index in [1.165, 1.54) is 30.6 Å². The number of unbranched alkanes of at least 4 members (excludes halogenated alkanes) is 5. The summed E-state index contributed by atoms with van der Waals surface area (Å²) in [6, 6.07) is -0.284. The summed E-state index contributed by atoms with van der Waals surface area (Å²) < 4.78 is 0. The second kappa shape index (κ2) is 10.9. The van der Waals surface area contributed by atoms with E-state index in [0.29, 0.717) is 13.1 Å². The van der Waals surface area contributed by atoms with Crippen LogP contribution in [0.4, 0.5) is 4.79 Å². The number of rotatable bonds is 10. The van der Waals surface area contributed by atoms with Gasteiger partial charge in [0.25, 0.3) is 0 Å². The van der Waals surface area contributed by atoms with Gasteiger partial charge < -0.3 is 15.3 Å². The molecule has 0 rings (SSSR count). The first-order valence-corrected chi connectivity index (χ1v) is 6.86. The zero-order chi connectivity index (χ0) is 13.8. The molecule has 0 aromatic heterocycles. The van der Waals surface area contributed by atoms with Gasteiger partial charge in [0.2, 0.25) is 0 Å². The van der Waals surface area contributed by atoms with Crippen LogP contribution in [0.2, 0.25) is 0 Å². The van der Waals surface area contributed by atoms with E-state index in [4.69, 9.17) is 5.11 Å². The SMILES string of the molecule is CCCCCCCCNC(=O)N(CC)CC(=O)O. The molecule has 0 saturated carbocycles. The summed E-state index contributed by atoms with van der Waals surface area (Å²) in [5, 5.41) is 11.4. The number of carbonyl (C=O) groups is 2. The number of hydrogen-bond acceptors (Lipinski definition) is 2. The predicted octanol–water partition coefficient (Wildman–Crippen LogP) is 2.46. The molecule has 0 radical (unpaired) electrons. The fraction of sp³-hybridized carbons (Fsp3) is 0.846. The number of urea groups is 1. The number of amides is 2. The fourth-order valence-corrected chi connectivity index (χ4v) is 1.70. The van der Waals surface area contributed by atoms with Gasteiger partial charge in [0.1, 0.15) is 6.54 Å². The minimum atomic E-state index is -0.980. The zero-order valence-corrected chi connectivity index (χ0v) is 11.6. The van der Waals surface area contributed by atoms with Gasteiger partial charge >= 0.3 is 12.0 Å². The summed E-state index contributed by atoms with van der Waals surface area (Å²) in [5.74, 6) is -0.980. The fourth-order valence-electron chi connectivity index (χ4n) is 1.70. The van der Waals surface area contributed by atoms with Gasteiger partial charge in [-0.05, 0) is 13.3 Å². The quantitative estimate of drug-likeness (QED) is 0.591. The van der Waals surface area contributed by atoms with Gasteiger partial charge in [0, 0.05) is 13.1 Å². The number of carbonyl (C=O) groups excluding carboxylic acids is 1. The highest BCUT2D eigenvalue weighted by molar-refractivity contribution is 5.79. The number of nitrogens with one attached hydrogen (secondary N) is 1. The van der Waals surface area contributed by atoms with E-state index < -0.39 is 5.97 Å². The van der Waals surface area contributed by atoms with Crippen molar-refractivity contribution in [2.24, 2.45) is 0 Å². The molecular weight excluding hydrogens is 232 g/mol. The van der Waals surface area contributed by atoms with Crippen molar-refractivity contribution >= 4 is 12.0 Å². The van der Waals surface area contributed by atoms with E-state index in [2.05, 4.69) is 12.2 Å². The highest BCUT2D eigenvalue weighted by Gasteiger charge is 2.13. The van der Waals surface area contributed by atoms with E-state index in [1.807, 2.05) is 0 Å². The smallest absolute Gasteiger partial charge is 0.323 e. The van der Waals surface area contributed by atoms with Crippen molar-refractivity contribution in [3.63, 3.8) is 0 Å². The summed E-state index contributed by atoms with van der Waals surface area (Å²) in [6.07, 6.45) is 7.04. The monoisotopic (exact) mass is 258 g/mol. The molecular formula is C13H26N2O3. The summed E-state index contributed by atoms with van der Waals surface area (Å²) in [5.41, 5.74) is 0. The van der Waals surface area contributed by atoms with Gasteiger partial charge in [-0.25, -0.2) is 4.79 Å². The standard InChI is InChI=1S/C13H26N2O3/c1-3-5-6-7-8-9-10-14-13(18)15(4-2)11-12(16)17/h3-11H2,1-2H3,(H,14,18)(H,16,17). The van der Waals surface area contributed by atoms with Crippen LogP contribution < -0.4 is 5.32 Å². The number of hydrogen-bond donors (Lipinski definition) is 2. The van der Waals surface area contributed by atoms with Crippen molar-refractivity contribution < 1.29 is 14.7 Å². The summed E-state index contributed by atoms with van der Waals surface area (Å²) in [4.78, 5) is 23.4. The van der Waals surface area contributed by atoms with Crippen molar-refractivity contribution in [1.82, 2.24) is 10.2 Å². The van der Waals surface area contributed by atoms with Crippen molar-refractivity contribution in [3.8, 4) is 0 Å². The van der Waals surface area contributed by atoms with Gasteiger partial charge in [-0.15, -0.1) is 0 Å².